The van der Waals surface area contributed by atoms with Gasteiger partial charge in [0.25, 0.3) is 11.6 Å². The number of hydrogen-bond donors (Lipinski definition) is 1. The summed E-state index contributed by atoms with van der Waals surface area (Å²) in [4.78, 5) is 24.8. The number of benzene rings is 1. The van der Waals surface area contributed by atoms with Crippen molar-refractivity contribution in [2.45, 2.75) is 25.8 Å². The Morgan fingerprint density at radius 3 is 2.96 bits per heavy atom. The van der Waals surface area contributed by atoms with Gasteiger partial charge in [0.05, 0.1) is 4.92 Å². The van der Waals surface area contributed by atoms with Crippen molar-refractivity contribution in [1.82, 2.24) is 4.90 Å². The second-order valence-corrected chi connectivity index (χ2v) is 6.11. The molecule has 3 rings (SSSR count). The highest BCUT2D eigenvalue weighted by atomic mass is 16.6. The van der Waals surface area contributed by atoms with Crippen LogP contribution in [0.1, 0.15) is 30.3 Å². The molecule has 1 aliphatic rings. The summed E-state index contributed by atoms with van der Waals surface area (Å²) in [7, 11) is 0. The molecule has 1 aromatic carbocycles. The van der Waals surface area contributed by atoms with Crippen LogP contribution >= 0.6 is 0 Å². The summed E-state index contributed by atoms with van der Waals surface area (Å²) < 4.78 is 5.58. The minimum atomic E-state index is -0.468. The maximum Gasteiger partial charge on any atom is 0.289 e. The number of fused-ring (bicyclic) bond motifs is 1. The summed E-state index contributed by atoms with van der Waals surface area (Å²) in [6.45, 7) is 3.23. The topological polar surface area (TPSA) is 103 Å². The Bertz CT molecular complexity index is 755. The van der Waals surface area contributed by atoms with Crippen LogP contribution < -0.4 is 5.73 Å². The van der Waals surface area contributed by atoms with Gasteiger partial charge in [-0.2, -0.15) is 0 Å². The van der Waals surface area contributed by atoms with Crippen LogP contribution in [0, 0.1) is 16.0 Å². The first-order valence-electron chi connectivity index (χ1n) is 7.68. The standard InChI is InChI=1S/C16H19N3O4/c1-10-4-5-18(13(6-10)9-17)16(20)15-8-11-7-12(19(21)22)2-3-14(11)23-15/h2-3,7-8,10,13H,4-6,9,17H2,1H3. The fourth-order valence-electron chi connectivity index (χ4n) is 3.13. The third-order valence-electron chi connectivity index (χ3n) is 4.43. The molecule has 0 bridgehead atoms. The van der Waals surface area contributed by atoms with Crippen molar-refractivity contribution in [2.24, 2.45) is 11.7 Å². The molecule has 2 aromatic rings. The third-order valence-corrected chi connectivity index (χ3v) is 4.43. The number of nitrogens with two attached hydrogens (primary N) is 1. The van der Waals surface area contributed by atoms with E-state index < -0.39 is 4.92 Å². The third kappa shape index (κ3) is 2.92. The second kappa shape index (κ2) is 6.00. The van der Waals surface area contributed by atoms with Gasteiger partial charge in [0.15, 0.2) is 5.76 Å². The number of furan rings is 1. The van der Waals surface area contributed by atoms with Gasteiger partial charge in [0.2, 0.25) is 0 Å². The van der Waals surface area contributed by atoms with E-state index in [-0.39, 0.29) is 23.4 Å². The highest BCUT2D eigenvalue weighted by Gasteiger charge is 2.31. The van der Waals surface area contributed by atoms with Crippen molar-refractivity contribution in [3.05, 3.63) is 40.1 Å². The van der Waals surface area contributed by atoms with Crippen molar-refractivity contribution in [1.29, 1.82) is 0 Å². The fourth-order valence-corrected chi connectivity index (χ4v) is 3.13. The molecule has 2 unspecified atom stereocenters. The molecule has 2 heterocycles. The van der Waals surface area contributed by atoms with Gasteiger partial charge in [-0.15, -0.1) is 0 Å². The van der Waals surface area contributed by atoms with Crippen LogP contribution in [0.3, 0.4) is 0 Å². The SMILES string of the molecule is CC1CCN(C(=O)c2cc3cc([N+](=O)[O-])ccc3o2)C(CN)C1. The Morgan fingerprint density at radius 1 is 1.48 bits per heavy atom. The van der Waals surface area contributed by atoms with Crippen molar-refractivity contribution < 1.29 is 14.1 Å². The van der Waals surface area contributed by atoms with Gasteiger partial charge >= 0.3 is 0 Å². The molecular formula is C16H19N3O4. The summed E-state index contributed by atoms with van der Waals surface area (Å²) >= 11 is 0. The lowest BCUT2D eigenvalue weighted by Crippen LogP contribution is -2.49. The predicted octanol–water partition coefficient (Wildman–Crippen LogP) is 2.54. The Hall–Kier alpha value is -2.41. The van der Waals surface area contributed by atoms with Gasteiger partial charge in [-0.3, -0.25) is 14.9 Å². The van der Waals surface area contributed by atoms with Gasteiger partial charge in [0, 0.05) is 36.7 Å². The zero-order chi connectivity index (χ0) is 16.6. The van der Waals surface area contributed by atoms with Crippen LogP contribution in [0.25, 0.3) is 11.0 Å². The number of likely N-dealkylation sites (tertiary alicyclic amines) is 1. The number of carbonyl (C=O) groups excluding carboxylic acids is 1. The van der Waals surface area contributed by atoms with Gasteiger partial charge in [-0.25, -0.2) is 0 Å². The number of nitro groups is 1. The van der Waals surface area contributed by atoms with Crippen LogP contribution in [0.15, 0.2) is 28.7 Å². The van der Waals surface area contributed by atoms with Crippen molar-refractivity contribution in [3.8, 4) is 0 Å². The number of hydrogen-bond acceptors (Lipinski definition) is 5. The normalized spacial score (nSPS) is 21.6. The molecule has 7 heteroatoms. The summed E-state index contributed by atoms with van der Waals surface area (Å²) in [5, 5.41) is 11.4. The largest absolute Gasteiger partial charge is 0.451 e. The molecule has 122 valence electrons. The fraction of sp³-hybridized carbons (Fsp3) is 0.438. The maximum absolute atomic E-state index is 12.7. The van der Waals surface area contributed by atoms with Crippen LogP contribution in [0.5, 0.6) is 0 Å². The molecular weight excluding hydrogens is 298 g/mol. The molecule has 0 radical (unpaired) electrons. The second-order valence-electron chi connectivity index (χ2n) is 6.11. The Morgan fingerprint density at radius 2 is 2.26 bits per heavy atom. The zero-order valence-electron chi connectivity index (χ0n) is 12.9. The number of non-ortho nitro benzene ring substituents is 1. The highest BCUT2D eigenvalue weighted by molar-refractivity contribution is 5.96. The quantitative estimate of drug-likeness (QED) is 0.692. The molecule has 1 fully saturated rings. The number of nitrogens with zero attached hydrogens (tertiary/aromatic N) is 2. The average molecular weight is 317 g/mol. The first kappa shape index (κ1) is 15.5. The molecule has 1 amide bonds. The number of nitro benzene ring substituents is 1. The lowest BCUT2D eigenvalue weighted by atomic mass is 9.92. The molecule has 23 heavy (non-hydrogen) atoms. The van der Waals surface area contributed by atoms with E-state index in [1.165, 1.54) is 18.2 Å². The van der Waals surface area contributed by atoms with Crippen LogP contribution in [-0.2, 0) is 0 Å². The smallest absolute Gasteiger partial charge is 0.289 e. The van der Waals surface area contributed by atoms with E-state index in [0.29, 0.717) is 30.0 Å². The van der Waals surface area contributed by atoms with Crippen molar-refractivity contribution in [3.63, 3.8) is 0 Å². The van der Waals surface area contributed by atoms with Crippen molar-refractivity contribution >= 4 is 22.6 Å². The number of piperidine rings is 1. The minimum Gasteiger partial charge on any atom is -0.451 e. The lowest BCUT2D eigenvalue weighted by molar-refractivity contribution is -0.384. The summed E-state index contributed by atoms with van der Waals surface area (Å²) in [6, 6.07) is 5.87. The van der Waals surface area contributed by atoms with Crippen LogP contribution in [0.4, 0.5) is 5.69 Å². The van der Waals surface area contributed by atoms with Gasteiger partial charge in [-0.1, -0.05) is 6.92 Å². The van der Waals surface area contributed by atoms with E-state index in [1.807, 2.05) is 0 Å². The Labute approximate surface area is 133 Å². The lowest BCUT2D eigenvalue weighted by Gasteiger charge is -2.37. The van der Waals surface area contributed by atoms with E-state index in [2.05, 4.69) is 6.92 Å². The van der Waals surface area contributed by atoms with Crippen LogP contribution in [0.2, 0.25) is 0 Å². The maximum atomic E-state index is 12.7. The van der Waals surface area contributed by atoms with Crippen molar-refractivity contribution in [2.75, 3.05) is 13.1 Å². The molecule has 2 N–H and O–H groups in total. The van der Waals surface area contributed by atoms with E-state index in [0.717, 1.165) is 12.8 Å². The van der Waals surface area contributed by atoms with E-state index in [1.54, 1.807) is 11.0 Å². The van der Waals surface area contributed by atoms with E-state index >= 15 is 0 Å². The molecule has 0 aliphatic carbocycles. The molecule has 2 atom stereocenters. The Kier molecular flexibility index (Phi) is 4.04. The number of amides is 1. The van der Waals surface area contributed by atoms with E-state index in [4.69, 9.17) is 10.2 Å². The minimum absolute atomic E-state index is 0.00815. The summed E-state index contributed by atoms with van der Waals surface area (Å²) in [5.74, 6) is 0.547. The molecule has 1 saturated heterocycles. The summed E-state index contributed by atoms with van der Waals surface area (Å²) in [6.07, 6.45) is 1.82. The molecule has 7 nitrogen and oxygen atoms in total. The Balaban J connectivity index is 1.90. The molecule has 0 spiro atoms. The first-order chi connectivity index (χ1) is 11.0. The zero-order valence-corrected chi connectivity index (χ0v) is 12.9. The molecule has 1 aliphatic heterocycles. The number of rotatable bonds is 3. The van der Waals surface area contributed by atoms with E-state index in [9.17, 15) is 14.9 Å². The number of carbonyl (C=O) groups is 1. The monoisotopic (exact) mass is 317 g/mol. The molecule has 1 aromatic heterocycles. The highest BCUT2D eigenvalue weighted by Crippen LogP contribution is 2.28. The van der Waals surface area contributed by atoms with Gasteiger partial charge < -0.3 is 15.1 Å². The first-order valence-corrected chi connectivity index (χ1v) is 7.68. The summed E-state index contributed by atoms with van der Waals surface area (Å²) in [5.41, 5.74) is 6.24. The van der Waals surface area contributed by atoms with Crippen LogP contribution in [-0.4, -0.2) is 34.9 Å². The predicted molar refractivity (Wildman–Crippen MR) is 85.1 cm³/mol. The average Bonchev–Trinajstić information content (AvgIpc) is 2.97. The van der Waals surface area contributed by atoms with Gasteiger partial charge in [0.1, 0.15) is 5.58 Å². The molecule has 0 saturated carbocycles. The van der Waals surface area contributed by atoms with Gasteiger partial charge in [-0.05, 0) is 30.9 Å².